The Morgan fingerprint density at radius 1 is 0.478 bits per heavy atom. The molecule has 2 heteroatoms. The highest BCUT2D eigenvalue weighted by molar-refractivity contribution is 4.52. The van der Waals surface area contributed by atoms with Gasteiger partial charge in [-0.05, 0) is 32.4 Å². The second kappa shape index (κ2) is 21.9. The van der Waals surface area contributed by atoms with Gasteiger partial charge >= 0.3 is 0 Å². The van der Waals surface area contributed by atoms with Crippen molar-refractivity contribution in [2.45, 2.75) is 116 Å². The molecule has 0 aliphatic heterocycles. The number of hydrogen-bond donors (Lipinski definition) is 2. The van der Waals surface area contributed by atoms with Crippen molar-refractivity contribution in [3.8, 4) is 0 Å². The van der Waals surface area contributed by atoms with Crippen molar-refractivity contribution >= 4 is 0 Å². The second-order valence-corrected chi connectivity index (χ2v) is 7.13. The van der Waals surface area contributed by atoms with Crippen LogP contribution in [0.5, 0.6) is 0 Å². The number of aliphatic hydroxyl groups is 1. The van der Waals surface area contributed by atoms with E-state index in [-0.39, 0.29) is 0 Å². The van der Waals surface area contributed by atoms with Crippen LogP contribution in [0.15, 0.2) is 0 Å². The predicted molar refractivity (Wildman–Crippen MR) is 104 cm³/mol. The summed E-state index contributed by atoms with van der Waals surface area (Å²) in [5.74, 6) is 0. The van der Waals surface area contributed by atoms with Gasteiger partial charge in [0, 0.05) is 6.61 Å². The van der Waals surface area contributed by atoms with Crippen molar-refractivity contribution in [1.82, 2.24) is 5.32 Å². The highest BCUT2D eigenvalue weighted by atomic mass is 16.2. The van der Waals surface area contributed by atoms with Gasteiger partial charge in [0.25, 0.3) is 0 Å². The fourth-order valence-electron chi connectivity index (χ4n) is 3.11. The third-order valence-corrected chi connectivity index (χ3v) is 4.72. The standard InChI is InChI=1S/C21H45NO/c1-2-3-4-5-10-13-16-19-22-20-17-14-11-8-6-7-9-12-15-18-21-23/h22-23H,2-21H2,1H3. The van der Waals surface area contributed by atoms with Gasteiger partial charge in [-0.25, -0.2) is 0 Å². The van der Waals surface area contributed by atoms with Gasteiger partial charge in [0.2, 0.25) is 0 Å². The first-order valence-corrected chi connectivity index (χ1v) is 10.7. The molecule has 0 bridgehead atoms. The minimum atomic E-state index is 0.368. The monoisotopic (exact) mass is 327 g/mol. The van der Waals surface area contributed by atoms with Crippen molar-refractivity contribution < 1.29 is 5.11 Å². The van der Waals surface area contributed by atoms with Crippen LogP contribution in [-0.4, -0.2) is 24.8 Å². The van der Waals surface area contributed by atoms with Crippen LogP contribution >= 0.6 is 0 Å². The second-order valence-electron chi connectivity index (χ2n) is 7.13. The molecule has 0 saturated carbocycles. The van der Waals surface area contributed by atoms with Gasteiger partial charge < -0.3 is 10.4 Å². The number of nitrogens with one attached hydrogen (secondary N) is 1. The van der Waals surface area contributed by atoms with Crippen LogP contribution in [-0.2, 0) is 0 Å². The molecule has 0 fully saturated rings. The Morgan fingerprint density at radius 3 is 1.22 bits per heavy atom. The first-order valence-electron chi connectivity index (χ1n) is 10.7. The van der Waals surface area contributed by atoms with E-state index >= 15 is 0 Å². The van der Waals surface area contributed by atoms with Crippen LogP contribution in [0.2, 0.25) is 0 Å². The average Bonchev–Trinajstić information content (AvgIpc) is 2.57. The Hall–Kier alpha value is -0.0800. The summed E-state index contributed by atoms with van der Waals surface area (Å²) in [6.07, 6.45) is 23.1. The molecule has 0 amide bonds. The van der Waals surface area contributed by atoms with Crippen LogP contribution < -0.4 is 5.32 Å². The van der Waals surface area contributed by atoms with Crippen molar-refractivity contribution in [3.63, 3.8) is 0 Å². The Balaban J connectivity index is 2.92. The van der Waals surface area contributed by atoms with E-state index in [0.717, 1.165) is 6.42 Å². The Labute approximate surface area is 146 Å². The number of unbranched alkanes of at least 4 members (excludes halogenated alkanes) is 15. The molecule has 0 spiro atoms. The van der Waals surface area contributed by atoms with E-state index in [4.69, 9.17) is 5.11 Å². The lowest BCUT2D eigenvalue weighted by molar-refractivity contribution is 0.282. The Bertz CT molecular complexity index is 176. The minimum Gasteiger partial charge on any atom is -0.396 e. The zero-order valence-corrected chi connectivity index (χ0v) is 16.1. The average molecular weight is 328 g/mol. The van der Waals surface area contributed by atoms with Gasteiger partial charge in [0.05, 0.1) is 0 Å². The molecule has 0 aromatic carbocycles. The van der Waals surface area contributed by atoms with E-state index in [1.165, 1.54) is 116 Å². The fourth-order valence-corrected chi connectivity index (χ4v) is 3.11. The molecule has 0 aliphatic carbocycles. The SMILES string of the molecule is CCCCCCCCCNCCCCCCCCCCCCO. The largest absolute Gasteiger partial charge is 0.396 e. The maximum Gasteiger partial charge on any atom is 0.0431 e. The van der Waals surface area contributed by atoms with E-state index in [2.05, 4.69) is 12.2 Å². The van der Waals surface area contributed by atoms with Crippen molar-refractivity contribution in [2.75, 3.05) is 19.7 Å². The molecule has 23 heavy (non-hydrogen) atoms. The highest BCUT2D eigenvalue weighted by Crippen LogP contribution is 2.10. The number of rotatable bonds is 20. The van der Waals surface area contributed by atoms with Gasteiger partial charge in [-0.3, -0.25) is 0 Å². The Kier molecular flexibility index (Phi) is 21.8. The smallest absolute Gasteiger partial charge is 0.0431 e. The number of aliphatic hydroxyl groups excluding tert-OH is 1. The van der Waals surface area contributed by atoms with Gasteiger partial charge in [0.15, 0.2) is 0 Å². The normalized spacial score (nSPS) is 11.2. The summed E-state index contributed by atoms with van der Waals surface area (Å²) in [7, 11) is 0. The minimum absolute atomic E-state index is 0.368. The first kappa shape index (κ1) is 22.9. The summed E-state index contributed by atoms with van der Waals surface area (Å²) in [5, 5.41) is 12.3. The van der Waals surface area contributed by atoms with Crippen LogP contribution in [0, 0.1) is 0 Å². The summed E-state index contributed by atoms with van der Waals surface area (Å²) in [5.41, 5.74) is 0. The molecule has 0 aromatic heterocycles. The molecule has 0 unspecified atom stereocenters. The summed E-state index contributed by atoms with van der Waals surface area (Å²) in [6.45, 7) is 5.09. The molecule has 140 valence electrons. The fraction of sp³-hybridized carbons (Fsp3) is 1.00. The molecule has 2 N–H and O–H groups in total. The lowest BCUT2D eigenvalue weighted by Gasteiger charge is -2.05. The zero-order chi connectivity index (χ0) is 16.8. The van der Waals surface area contributed by atoms with E-state index in [1.54, 1.807) is 0 Å². The summed E-state index contributed by atoms with van der Waals surface area (Å²) in [6, 6.07) is 0. The molecule has 0 heterocycles. The molecular formula is C21H45NO. The molecular weight excluding hydrogens is 282 g/mol. The van der Waals surface area contributed by atoms with Crippen LogP contribution in [0.3, 0.4) is 0 Å². The highest BCUT2D eigenvalue weighted by Gasteiger charge is 1.94. The van der Waals surface area contributed by atoms with Gasteiger partial charge in [-0.1, -0.05) is 96.8 Å². The topological polar surface area (TPSA) is 32.3 Å². The van der Waals surface area contributed by atoms with Crippen molar-refractivity contribution in [1.29, 1.82) is 0 Å². The number of hydrogen-bond acceptors (Lipinski definition) is 2. The van der Waals surface area contributed by atoms with Crippen LogP contribution in [0.25, 0.3) is 0 Å². The Morgan fingerprint density at radius 2 is 0.826 bits per heavy atom. The van der Waals surface area contributed by atoms with E-state index < -0.39 is 0 Å². The van der Waals surface area contributed by atoms with Crippen molar-refractivity contribution in [3.05, 3.63) is 0 Å². The molecule has 0 atom stereocenters. The van der Waals surface area contributed by atoms with Crippen LogP contribution in [0.4, 0.5) is 0 Å². The maximum atomic E-state index is 8.70. The first-order chi connectivity index (χ1) is 11.4. The third kappa shape index (κ3) is 21.9. The van der Waals surface area contributed by atoms with E-state index in [0.29, 0.717) is 6.61 Å². The molecule has 0 aromatic rings. The van der Waals surface area contributed by atoms with Gasteiger partial charge in [0.1, 0.15) is 0 Å². The maximum absolute atomic E-state index is 8.70. The van der Waals surface area contributed by atoms with Gasteiger partial charge in [-0.15, -0.1) is 0 Å². The summed E-state index contributed by atoms with van der Waals surface area (Å²) >= 11 is 0. The molecule has 0 radical (unpaired) electrons. The van der Waals surface area contributed by atoms with Crippen LogP contribution in [0.1, 0.15) is 116 Å². The zero-order valence-electron chi connectivity index (χ0n) is 16.1. The molecule has 0 saturated heterocycles. The predicted octanol–water partition coefficient (Wildman–Crippen LogP) is 6.22. The lowest BCUT2D eigenvalue weighted by atomic mass is 10.1. The summed E-state index contributed by atoms with van der Waals surface area (Å²) in [4.78, 5) is 0. The van der Waals surface area contributed by atoms with E-state index in [1.807, 2.05) is 0 Å². The molecule has 0 rings (SSSR count). The lowest BCUT2D eigenvalue weighted by Crippen LogP contribution is -2.16. The van der Waals surface area contributed by atoms with Crippen molar-refractivity contribution in [2.24, 2.45) is 0 Å². The molecule has 0 aliphatic rings. The third-order valence-electron chi connectivity index (χ3n) is 4.72. The quantitative estimate of drug-likeness (QED) is 0.260. The molecule has 2 nitrogen and oxygen atoms in total. The van der Waals surface area contributed by atoms with E-state index in [9.17, 15) is 0 Å². The van der Waals surface area contributed by atoms with Gasteiger partial charge in [-0.2, -0.15) is 0 Å². The summed E-state index contributed by atoms with van der Waals surface area (Å²) < 4.78 is 0.